The zero-order chi connectivity index (χ0) is 31.7. The van der Waals surface area contributed by atoms with E-state index in [9.17, 15) is 20.4 Å². The first-order valence-corrected chi connectivity index (χ1v) is 16.9. The zero-order valence-electron chi connectivity index (χ0n) is 28.2. The molecule has 0 spiro atoms. The summed E-state index contributed by atoms with van der Waals surface area (Å²) in [5.74, 6) is 1.37. The van der Waals surface area contributed by atoms with Crippen LogP contribution in [0.15, 0.2) is 23.3 Å². The van der Waals surface area contributed by atoms with Crippen LogP contribution in [0, 0.1) is 45.3 Å². The smallest absolute Gasteiger partial charge is 0.186 e. The maximum Gasteiger partial charge on any atom is 0.186 e. The number of ether oxygens (including phenoxy) is 3. The van der Waals surface area contributed by atoms with Crippen LogP contribution in [-0.2, 0) is 14.2 Å². The van der Waals surface area contributed by atoms with Crippen molar-refractivity contribution in [2.45, 2.75) is 143 Å². The second-order valence-corrected chi connectivity index (χ2v) is 16.5. The van der Waals surface area contributed by atoms with E-state index in [-0.39, 0.29) is 58.4 Å². The van der Waals surface area contributed by atoms with Gasteiger partial charge >= 0.3 is 0 Å². The van der Waals surface area contributed by atoms with Gasteiger partial charge in [0.05, 0.1) is 24.9 Å². The van der Waals surface area contributed by atoms with Gasteiger partial charge in [0, 0.05) is 18.4 Å². The Hall–Kier alpha value is -0.800. The van der Waals surface area contributed by atoms with E-state index in [1.165, 1.54) is 11.1 Å². The Kier molecular flexibility index (Phi) is 9.19. The Morgan fingerprint density at radius 1 is 1.00 bits per heavy atom. The van der Waals surface area contributed by atoms with Crippen LogP contribution in [0.3, 0.4) is 0 Å². The predicted octanol–water partition coefficient (Wildman–Crippen LogP) is 5.39. The molecule has 4 N–H and O–H groups in total. The molecule has 0 aromatic carbocycles. The summed E-state index contributed by atoms with van der Waals surface area (Å²) in [5, 5.41) is 42.5. The highest BCUT2D eigenvalue weighted by Gasteiger charge is 2.71. The highest BCUT2D eigenvalue weighted by atomic mass is 16.7. The van der Waals surface area contributed by atoms with Crippen LogP contribution in [-0.4, -0.2) is 77.1 Å². The standard InChI is InChI=1S/C36H60O7/c1-20(2)11-10-12-21(3)28-24(37)18-36(8)31-26(41-9)17-23-22(34(31,6)15-16-35(28,36)7)13-14-27(33(23,4)5)43-32-30(40)29(39)25(38)19-42-32/h11,17,21-22,24-32,37-40H,10,12-16,18-19H2,1-9H3/t21-,22+,24-,25-,26-,27?,28+,29+,30-,31?,32+,34-,35-,36+/m1/s1. The van der Waals surface area contributed by atoms with Gasteiger partial charge in [0.25, 0.3) is 0 Å². The average molecular weight is 605 g/mol. The first-order chi connectivity index (χ1) is 20.0. The number of aliphatic hydroxyl groups is 4. The van der Waals surface area contributed by atoms with Gasteiger partial charge in [-0.1, -0.05) is 64.8 Å². The first kappa shape index (κ1) is 33.6. The Labute approximate surface area is 260 Å². The minimum absolute atomic E-state index is 0.0162. The number of fused-ring (bicyclic) bond motifs is 5. The van der Waals surface area contributed by atoms with Gasteiger partial charge in [-0.15, -0.1) is 0 Å². The third-order valence-electron chi connectivity index (χ3n) is 13.6. The van der Waals surface area contributed by atoms with Crippen molar-refractivity contribution < 1.29 is 34.6 Å². The van der Waals surface area contributed by atoms with Crippen molar-refractivity contribution in [1.29, 1.82) is 0 Å². The second kappa shape index (κ2) is 11.8. The molecule has 7 nitrogen and oxygen atoms in total. The van der Waals surface area contributed by atoms with E-state index in [0.29, 0.717) is 11.8 Å². The normalized spacial score (nSPS) is 49.7. The van der Waals surface area contributed by atoms with E-state index < -0.39 is 24.6 Å². The molecule has 1 heterocycles. The molecule has 0 bridgehead atoms. The number of methoxy groups -OCH3 is 1. The Morgan fingerprint density at radius 3 is 2.35 bits per heavy atom. The molecule has 246 valence electrons. The monoisotopic (exact) mass is 604 g/mol. The number of rotatable bonds is 7. The minimum atomic E-state index is -1.30. The fraction of sp³-hybridized carbons (Fsp3) is 0.889. The van der Waals surface area contributed by atoms with Gasteiger partial charge in [-0.25, -0.2) is 0 Å². The first-order valence-electron chi connectivity index (χ1n) is 16.9. The van der Waals surface area contributed by atoms with E-state index in [1.54, 1.807) is 0 Å². The van der Waals surface area contributed by atoms with E-state index in [4.69, 9.17) is 14.2 Å². The van der Waals surface area contributed by atoms with Crippen molar-refractivity contribution in [3.8, 4) is 0 Å². The average Bonchev–Trinajstić information content (AvgIpc) is 3.14. The molecule has 2 unspecified atom stereocenters. The molecule has 43 heavy (non-hydrogen) atoms. The number of hydrogen-bond acceptors (Lipinski definition) is 7. The largest absolute Gasteiger partial charge is 0.393 e. The van der Waals surface area contributed by atoms with Gasteiger partial charge in [0.2, 0.25) is 0 Å². The summed E-state index contributed by atoms with van der Waals surface area (Å²) >= 11 is 0. The zero-order valence-corrected chi connectivity index (χ0v) is 28.2. The van der Waals surface area contributed by atoms with Crippen molar-refractivity contribution in [2.24, 2.45) is 45.3 Å². The Balaban J connectivity index is 1.45. The summed E-state index contributed by atoms with van der Waals surface area (Å²) in [6.07, 6.45) is 6.43. The Morgan fingerprint density at radius 2 is 1.70 bits per heavy atom. The lowest BCUT2D eigenvalue weighted by Gasteiger charge is -2.67. The highest BCUT2D eigenvalue weighted by Crippen LogP contribution is 2.75. The SMILES string of the molecule is CO[C@@H]1C=C2[C@H](CCC(O[C@@H]3OC[C@@H](O)[C@H](O)[C@H]3O)C2(C)C)[C@@]2(C)CC[C@]3(C)[C@@H]([C@H](C)CCC=C(C)C)[C@H](O)C[C@@]3(C)C12. The summed E-state index contributed by atoms with van der Waals surface area (Å²) in [4.78, 5) is 0. The molecule has 14 atom stereocenters. The van der Waals surface area contributed by atoms with E-state index in [1.807, 2.05) is 7.11 Å². The fourth-order valence-corrected chi connectivity index (χ4v) is 11.2. The van der Waals surface area contributed by atoms with Crippen LogP contribution >= 0.6 is 0 Å². The van der Waals surface area contributed by atoms with Gasteiger partial charge < -0.3 is 34.6 Å². The molecule has 3 saturated carbocycles. The van der Waals surface area contributed by atoms with Crippen LogP contribution in [0.25, 0.3) is 0 Å². The molecule has 4 aliphatic carbocycles. The maximum atomic E-state index is 11.8. The van der Waals surface area contributed by atoms with E-state index >= 15 is 0 Å². The van der Waals surface area contributed by atoms with Gasteiger partial charge in [-0.2, -0.15) is 0 Å². The summed E-state index contributed by atoms with van der Waals surface area (Å²) < 4.78 is 18.5. The van der Waals surface area contributed by atoms with Crippen LogP contribution < -0.4 is 0 Å². The topological polar surface area (TPSA) is 109 Å². The van der Waals surface area contributed by atoms with Crippen molar-refractivity contribution in [1.82, 2.24) is 0 Å². The van der Waals surface area contributed by atoms with Gasteiger partial charge in [-0.3, -0.25) is 0 Å². The molecule has 0 aromatic heterocycles. The highest BCUT2D eigenvalue weighted by molar-refractivity contribution is 5.33. The summed E-state index contributed by atoms with van der Waals surface area (Å²) in [5.41, 5.74) is 2.36. The van der Waals surface area contributed by atoms with Gasteiger partial charge in [0.1, 0.15) is 18.3 Å². The van der Waals surface area contributed by atoms with Crippen LogP contribution in [0.1, 0.15) is 100 Å². The number of aliphatic hydroxyl groups excluding tert-OH is 4. The molecule has 7 heteroatoms. The third kappa shape index (κ3) is 5.21. The van der Waals surface area contributed by atoms with Crippen molar-refractivity contribution in [2.75, 3.05) is 13.7 Å². The molecular formula is C36H60O7. The third-order valence-corrected chi connectivity index (χ3v) is 13.6. The molecule has 4 fully saturated rings. The van der Waals surface area contributed by atoms with Crippen molar-refractivity contribution in [3.63, 3.8) is 0 Å². The molecule has 0 aromatic rings. The second-order valence-electron chi connectivity index (χ2n) is 16.5. The maximum absolute atomic E-state index is 11.8. The molecule has 1 aliphatic heterocycles. The summed E-state index contributed by atoms with van der Waals surface area (Å²) in [6, 6.07) is 0. The van der Waals surface area contributed by atoms with Gasteiger partial charge in [-0.05, 0) is 92.8 Å². The minimum Gasteiger partial charge on any atom is -0.393 e. The van der Waals surface area contributed by atoms with E-state index in [0.717, 1.165) is 44.9 Å². The summed E-state index contributed by atoms with van der Waals surface area (Å²) in [7, 11) is 1.84. The Bertz CT molecular complexity index is 1080. The van der Waals surface area contributed by atoms with Gasteiger partial charge in [0.15, 0.2) is 6.29 Å². The molecule has 0 radical (unpaired) electrons. The molecule has 5 rings (SSSR count). The summed E-state index contributed by atoms with van der Waals surface area (Å²) in [6.45, 7) is 18.5. The quantitative estimate of drug-likeness (QED) is 0.289. The molecule has 0 amide bonds. The number of hydrogen-bond donors (Lipinski definition) is 4. The predicted molar refractivity (Wildman–Crippen MR) is 167 cm³/mol. The lowest BCUT2D eigenvalue weighted by Crippen LogP contribution is -2.63. The van der Waals surface area contributed by atoms with Crippen LogP contribution in [0.4, 0.5) is 0 Å². The lowest BCUT2D eigenvalue weighted by atomic mass is 9.38. The number of allylic oxidation sites excluding steroid dienone is 2. The van der Waals surface area contributed by atoms with Crippen LogP contribution in [0.2, 0.25) is 0 Å². The fourth-order valence-electron chi connectivity index (χ4n) is 11.2. The van der Waals surface area contributed by atoms with Crippen molar-refractivity contribution >= 4 is 0 Å². The van der Waals surface area contributed by atoms with Crippen molar-refractivity contribution in [3.05, 3.63) is 23.3 Å². The van der Waals surface area contributed by atoms with Crippen LogP contribution in [0.5, 0.6) is 0 Å². The molecule has 1 saturated heterocycles. The van der Waals surface area contributed by atoms with E-state index in [2.05, 4.69) is 67.5 Å². The lowest BCUT2D eigenvalue weighted by molar-refractivity contribution is -0.294. The molecule has 5 aliphatic rings. The molecular weight excluding hydrogens is 544 g/mol.